The lowest BCUT2D eigenvalue weighted by molar-refractivity contribution is -0.117. The van der Waals surface area contributed by atoms with Crippen LogP contribution >= 0.6 is 0 Å². The number of Topliss-reactive ketones (excluding diaryl/α,β-unsaturated/α-hetero) is 1. The fraction of sp³-hybridized carbons (Fsp3) is 0.444. The number of nitrogens with zero attached hydrogens (tertiary/aromatic N) is 3. The van der Waals surface area contributed by atoms with Crippen LogP contribution in [0.5, 0.6) is 0 Å². The average Bonchev–Trinajstić information content (AvgIpc) is 3.02. The topological polar surface area (TPSA) is 88.3 Å². The van der Waals surface area contributed by atoms with Gasteiger partial charge in [-0.05, 0) is 45.4 Å². The van der Waals surface area contributed by atoms with Gasteiger partial charge in [-0.15, -0.1) is 0 Å². The Hall–Kier alpha value is -2.54. The predicted octanol–water partition coefficient (Wildman–Crippen LogP) is 2.40. The first kappa shape index (κ1) is 17.3. The van der Waals surface area contributed by atoms with Gasteiger partial charge in [-0.1, -0.05) is 17.3 Å². The van der Waals surface area contributed by atoms with Gasteiger partial charge >= 0.3 is 0 Å². The Balaban J connectivity index is 1.60. The van der Waals surface area contributed by atoms with Gasteiger partial charge in [-0.25, -0.2) is 0 Å². The van der Waals surface area contributed by atoms with Crippen molar-refractivity contribution in [2.45, 2.75) is 32.6 Å². The maximum Gasteiger partial charge on any atom is 0.238 e. The van der Waals surface area contributed by atoms with Crippen LogP contribution in [0.1, 0.15) is 47.8 Å². The van der Waals surface area contributed by atoms with E-state index in [0.29, 0.717) is 29.5 Å². The van der Waals surface area contributed by atoms with Gasteiger partial charge < -0.3 is 9.84 Å². The van der Waals surface area contributed by atoms with Crippen molar-refractivity contribution >= 4 is 17.4 Å². The molecular formula is C18H22N4O3. The zero-order chi connectivity index (χ0) is 17.8. The summed E-state index contributed by atoms with van der Waals surface area (Å²) >= 11 is 0. The lowest BCUT2D eigenvalue weighted by atomic mass is 9.98. The highest BCUT2D eigenvalue weighted by molar-refractivity contribution is 6.04. The minimum absolute atomic E-state index is 0.0688. The fourth-order valence-corrected chi connectivity index (χ4v) is 3.17. The molecule has 1 N–H and O–H groups in total. The van der Waals surface area contributed by atoms with E-state index in [9.17, 15) is 9.59 Å². The van der Waals surface area contributed by atoms with Crippen molar-refractivity contribution in [2.24, 2.45) is 0 Å². The van der Waals surface area contributed by atoms with Gasteiger partial charge in [0.15, 0.2) is 11.6 Å². The summed E-state index contributed by atoms with van der Waals surface area (Å²) < 4.78 is 5.27. The van der Waals surface area contributed by atoms with Crippen molar-refractivity contribution in [1.82, 2.24) is 15.0 Å². The van der Waals surface area contributed by atoms with Crippen LogP contribution < -0.4 is 5.32 Å². The number of nitrogens with one attached hydrogen (secondary N) is 1. The van der Waals surface area contributed by atoms with Crippen molar-refractivity contribution in [3.8, 4) is 0 Å². The highest BCUT2D eigenvalue weighted by Gasteiger charge is 2.26. The van der Waals surface area contributed by atoms with Crippen molar-refractivity contribution in [1.29, 1.82) is 0 Å². The number of hydrogen-bond acceptors (Lipinski definition) is 6. The molecule has 1 fully saturated rings. The first-order valence-corrected chi connectivity index (χ1v) is 8.45. The summed E-state index contributed by atoms with van der Waals surface area (Å²) in [5.41, 5.74) is 1.08. The largest absolute Gasteiger partial charge is 0.339 e. The standard InChI is InChI=1S/C18H22N4O3/c1-12(23)15-7-3-4-8-16(15)20-17(24)11-22-9-5-6-14(10-22)18-19-13(2)21-25-18/h3-4,7-8,14H,5-6,9-11H2,1-2H3,(H,20,24)/t14-/m1/s1. The third kappa shape index (κ3) is 4.30. The van der Waals surface area contributed by atoms with Crippen LogP contribution in [0.2, 0.25) is 0 Å². The van der Waals surface area contributed by atoms with Crippen LogP contribution in [0.3, 0.4) is 0 Å². The Kier molecular flexibility index (Phi) is 5.23. The quantitative estimate of drug-likeness (QED) is 0.840. The number of para-hydroxylation sites is 1. The Morgan fingerprint density at radius 1 is 1.36 bits per heavy atom. The molecule has 25 heavy (non-hydrogen) atoms. The molecule has 1 aromatic carbocycles. The summed E-state index contributed by atoms with van der Waals surface area (Å²) in [4.78, 5) is 30.4. The van der Waals surface area contributed by atoms with Gasteiger partial charge in [0.2, 0.25) is 11.8 Å². The minimum Gasteiger partial charge on any atom is -0.339 e. The Labute approximate surface area is 146 Å². The van der Waals surface area contributed by atoms with E-state index in [1.807, 2.05) is 0 Å². The number of aromatic nitrogens is 2. The smallest absolute Gasteiger partial charge is 0.238 e. The molecule has 0 bridgehead atoms. The third-order valence-corrected chi connectivity index (χ3v) is 4.35. The van der Waals surface area contributed by atoms with Crippen molar-refractivity contribution < 1.29 is 14.1 Å². The lowest BCUT2D eigenvalue weighted by Gasteiger charge is -2.30. The molecule has 7 heteroatoms. The van der Waals surface area contributed by atoms with E-state index in [1.54, 1.807) is 31.2 Å². The summed E-state index contributed by atoms with van der Waals surface area (Å²) in [6.07, 6.45) is 1.95. The molecule has 1 aliphatic heterocycles. The summed E-state index contributed by atoms with van der Waals surface area (Å²) in [5, 5.41) is 6.69. The molecule has 0 unspecified atom stereocenters. The molecule has 1 saturated heterocycles. The molecular weight excluding hydrogens is 320 g/mol. The molecule has 2 heterocycles. The summed E-state index contributed by atoms with van der Waals surface area (Å²) in [5.74, 6) is 1.24. The maximum absolute atomic E-state index is 12.4. The third-order valence-electron chi connectivity index (χ3n) is 4.35. The zero-order valence-corrected chi connectivity index (χ0v) is 14.5. The molecule has 1 atom stereocenters. The van der Waals surface area contributed by atoms with Gasteiger partial charge in [-0.3, -0.25) is 14.5 Å². The van der Waals surface area contributed by atoms with Crippen LogP contribution in [0.25, 0.3) is 0 Å². The molecule has 0 aliphatic carbocycles. The molecule has 0 spiro atoms. The Morgan fingerprint density at radius 2 is 2.16 bits per heavy atom. The number of benzene rings is 1. The van der Waals surface area contributed by atoms with Gasteiger partial charge in [0.1, 0.15) is 0 Å². The Bertz CT molecular complexity index is 771. The number of amides is 1. The van der Waals surface area contributed by atoms with Gasteiger partial charge in [0.25, 0.3) is 0 Å². The predicted molar refractivity (Wildman–Crippen MR) is 92.5 cm³/mol. The summed E-state index contributed by atoms with van der Waals surface area (Å²) in [6, 6.07) is 7.05. The highest BCUT2D eigenvalue weighted by Crippen LogP contribution is 2.25. The van der Waals surface area contributed by atoms with E-state index in [1.165, 1.54) is 6.92 Å². The van der Waals surface area contributed by atoms with E-state index >= 15 is 0 Å². The fourth-order valence-electron chi connectivity index (χ4n) is 3.17. The number of carbonyl (C=O) groups is 2. The molecule has 132 valence electrons. The monoisotopic (exact) mass is 342 g/mol. The first-order chi connectivity index (χ1) is 12.0. The number of rotatable bonds is 5. The van der Waals surface area contributed by atoms with Crippen molar-refractivity contribution in [2.75, 3.05) is 25.0 Å². The van der Waals surface area contributed by atoms with Gasteiger partial charge in [0, 0.05) is 12.1 Å². The maximum atomic E-state index is 12.4. The van der Waals surface area contributed by atoms with E-state index in [2.05, 4.69) is 20.4 Å². The number of ketones is 1. The highest BCUT2D eigenvalue weighted by atomic mass is 16.5. The number of anilines is 1. The molecule has 0 radical (unpaired) electrons. The second-order valence-corrected chi connectivity index (χ2v) is 6.40. The first-order valence-electron chi connectivity index (χ1n) is 8.45. The zero-order valence-electron chi connectivity index (χ0n) is 14.5. The average molecular weight is 342 g/mol. The van der Waals surface area contributed by atoms with E-state index in [-0.39, 0.29) is 24.2 Å². The lowest BCUT2D eigenvalue weighted by Crippen LogP contribution is -2.40. The molecule has 1 aromatic heterocycles. The number of aryl methyl sites for hydroxylation is 1. The number of piperidine rings is 1. The van der Waals surface area contributed by atoms with Crippen LogP contribution in [0.15, 0.2) is 28.8 Å². The van der Waals surface area contributed by atoms with Crippen molar-refractivity contribution in [3.63, 3.8) is 0 Å². The summed E-state index contributed by atoms with van der Waals surface area (Å²) in [6.45, 7) is 5.13. The number of carbonyl (C=O) groups excluding carboxylic acids is 2. The minimum atomic E-state index is -0.129. The molecule has 3 rings (SSSR count). The normalized spacial score (nSPS) is 18.1. The van der Waals surface area contributed by atoms with Gasteiger partial charge in [0.05, 0.1) is 18.2 Å². The van der Waals surface area contributed by atoms with Crippen LogP contribution in [0.4, 0.5) is 5.69 Å². The molecule has 0 saturated carbocycles. The SMILES string of the molecule is CC(=O)c1ccccc1NC(=O)CN1CCC[C@@H](c2nc(C)no2)C1. The Morgan fingerprint density at radius 3 is 2.88 bits per heavy atom. The number of likely N-dealkylation sites (tertiary alicyclic amines) is 1. The molecule has 7 nitrogen and oxygen atoms in total. The van der Waals surface area contributed by atoms with Crippen molar-refractivity contribution in [3.05, 3.63) is 41.5 Å². The van der Waals surface area contributed by atoms with E-state index in [0.717, 1.165) is 19.4 Å². The number of hydrogen-bond donors (Lipinski definition) is 1. The van der Waals surface area contributed by atoms with E-state index in [4.69, 9.17) is 4.52 Å². The van der Waals surface area contributed by atoms with E-state index < -0.39 is 0 Å². The second-order valence-electron chi connectivity index (χ2n) is 6.40. The molecule has 1 aliphatic rings. The van der Waals surface area contributed by atoms with Gasteiger partial charge in [-0.2, -0.15) is 4.98 Å². The molecule has 2 aromatic rings. The second kappa shape index (κ2) is 7.57. The summed E-state index contributed by atoms with van der Waals surface area (Å²) in [7, 11) is 0. The van der Waals surface area contributed by atoms with Crippen LogP contribution in [0, 0.1) is 6.92 Å². The van der Waals surface area contributed by atoms with Crippen LogP contribution in [-0.2, 0) is 4.79 Å². The molecule has 1 amide bonds. The van der Waals surface area contributed by atoms with Crippen LogP contribution in [-0.4, -0.2) is 46.4 Å².